The fourth-order valence-electron chi connectivity index (χ4n) is 5.00. The average Bonchev–Trinajstić information content (AvgIpc) is 3.41. The van der Waals surface area contributed by atoms with Gasteiger partial charge in [0.25, 0.3) is 5.91 Å². The van der Waals surface area contributed by atoms with Gasteiger partial charge in [0, 0.05) is 54.7 Å². The van der Waals surface area contributed by atoms with E-state index in [4.69, 9.17) is 8.83 Å². The van der Waals surface area contributed by atoms with Crippen LogP contribution in [0.3, 0.4) is 0 Å². The largest absolute Gasteiger partial charge is 0.464 e. The Hall–Kier alpha value is -3.39. The van der Waals surface area contributed by atoms with Crippen molar-refractivity contribution >= 4 is 28.5 Å². The molecule has 1 saturated heterocycles. The van der Waals surface area contributed by atoms with Crippen LogP contribution in [0.1, 0.15) is 57.0 Å². The summed E-state index contributed by atoms with van der Waals surface area (Å²) in [5.41, 5.74) is 9.06. The van der Waals surface area contributed by atoms with E-state index in [1.54, 1.807) is 6.26 Å². The summed E-state index contributed by atoms with van der Waals surface area (Å²) >= 11 is 0. The summed E-state index contributed by atoms with van der Waals surface area (Å²) in [5.74, 6) is 0.910. The number of aryl methyl sites for hydroxylation is 3. The van der Waals surface area contributed by atoms with Gasteiger partial charge in [-0.15, -0.1) is 0 Å². The van der Waals surface area contributed by atoms with Crippen molar-refractivity contribution in [3.63, 3.8) is 0 Å². The highest BCUT2D eigenvalue weighted by molar-refractivity contribution is 6.06. The Labute approximate surface area is 204 Å². The molecule has 8 nitrogen and oxygen atoms in total. The third-order valence-electron chi connectivity index (χ3n) is 7.32. The van der Waals surface area contributed by atoms with Gasteiger partial charge in [0.15, 0.2) is 5.76 Å². The van der Waals surface area contributed by atoms with Crippen molar-refractivity contribution in [1.29, 1.82) is 0 Å². The molecule has 0 spiro atoms. The Balaban J connectivity index is 1.32. The normalized spacial score (nSPS) is 17.7. The smallest absolute Gasteiger partial charge is 0.289 e. The van der Waals surface area contributed by atoms with Gasteiger partial charge < -0.3 is 18.6 Å². The SMILES string of the molecule is Cc1ccc2c(CC(=O)N/N=C3\CCCc4oc(C(=O)N5CCN(C)CC5)c(C)c43)coc2c1C. The number of likely N-dealkylation sites (N-methyl/N-ethyl adjacent to an activating group) is 1. The van der Waals surface area contributed by atoms with E-state index in [1.807, 2.05) is 37.8 Å². The van der Waals surface area contributed by atoms with Crippen molar-refractivity contribution in [2.24, 2.45) is 5.10 Å². The second-order valence-corrected chi connectivity index (χ2v) is 9.72. The Bertz CT molecular complexity index is 1320. The predicted molar refractivity (Wildman–Crippen MR) is 134 cm³/mol. The van der Waals surface area contributed by atoms with E-state index in [2.05, 4.69) is 22.5 Å². The van der Waals surface area contributed by atoms with Gasteiger partial charge in [-0.1, -0.05) is 12.1 Å². The molecule has 1 N–H and O–H groups in total. The summed E-state index contributed by atoms with van der Waals surface area (Å²) in [6.45, 7) is 9.08. The maximum absolute atomic E-state index is 13.1. The molecule has 2 amide bonds. The van der Waals surface area contributed by atoms with E-state index in [0.29, 0.717) is 18.8 Å². The third-order valence-corrected chi connectivity index (χ3v) is 7.32. The molecule has 1 fully saturated rings. The number of nitrogens with one attached hydrogen (secondary N) is 1. The first-order valence-corrected chi connectivity index (χ1v) is 12.3. The number of hydrogen-bond donors (Lipinski definition) is 1. The minimum absolute atomic E-state index is 0.0641. The van der Waals surface area contributed by atoms with E-state index < -0.39 is 0 Å². The quantitative estimate of drug-likeness (QED) is 0.580. The summed E-state index contributed by atoms with van der Waals surface area (Å²) in [6.07, 6.45) is 4.18. The highest BCUT2D eigenvalue weighted by atomic mass is 16.4. The molecule has 8 heteroatoms. The summed E-state index contributed by atoms with van der Waals surface area (Å²) in [5, 5.41) is 5.42. The second-order valence-electron chi connectivity index (χ2n) is 9.72. The molecule has 1 aliphatic carbocycles. The van der Waals surface area contributed by atoms with Crippen LogP contribution < -0.4 is 5.43 Å². The lowest BCUT2D eigenvalue weighted by Gasteiger charge is -2.31. The van der Waals surface area contributed by atoms with Gasteiger partial charge in [0.05, 0.1) is 18.4 Å². The minimum Gasteiger partial charge on any atom is -0.464 e. The first-order valence-electron chi connectivity index (χ1n) is 12.3. The van der Waals surface area contributed by atoms with Crippen molar-refractivity contribution in [2.75, 3.05) is 33.2 Å². The Morgan fingerprint density at radius 1 is 1.06 bits per heavy atom. The Morgan fingerprint density at radius 3 is 2.60 bits per heavy atom. The molecule has 3 heterocycles. The Kier molecular flexibility index (Phi) is 6.23. The second kappa shape index (κ2) is 9.34. The topological polar surface area (TPSA) is 91.3 Å². The molecular weight excluding hydrogens is 444 g/mol. The number of benzene rings is 1. The fraction of sp³-hybridized carbons (Fsp3) is 0.444. The van der Waals surface area contributed by atoms with E-state index in [9.17, 15) is 9.59 Å². The molecule has 0 saturated carbocycles. The molecule has 0 atom stereocenters. The highest BCUT2D eigenvalue weighted by Crippen LogP contribution is 2.31. The lowest BCUT2D eigenvalue weighted by molar-refractivity contribution is -0.120. The van der Waals surface area contributed by atoms with Crippen molar-refractivity contribution in [1.82, 2.24) is 15.2 Å². The molecule has 1 aliphatic heterocycles. The molecule has 5 rings (SSSR count). The Morgan fingerprint density at radius 2 is 1.83 bits per heavy atom. The first-order chi connectivity index (χ1) is 16.8. The number of nitrogens with zero attached hydrogens (tertiary/aromatic N) is 3. The number of carbonyl (C=O) groups is 2. The number of fused-ring (bicyclic) bond motifs is 2. The van der Waals surface area contributed by atoms with Gasteiger partial charge >= 0.3 is 0 Å². The van der Waals surface area contributed by atoms with Gasteiger partial charge in [0.1, 0.15) is 11.3 Å². The van der Waals surface area contributed by atoms with Crippen LogP contribution in [-0.2, 0) is 17.6 Å². The van der Waals surface area contributed by atoms with Gasteiger partial charge in [-0.05, 0) is 51.8 Å². The highest BCUT2D eigenvalue weighted by Gasteiger charge is 2.31. The van der Waals surface area contributed by atoms with Crippen LogP contribution in [0.4, 0.5) is 0 Å². The van der Waals surface area contributed by atoms with Crippen LogP contribution in [-0.4, -0.2) is 60.6 Å². The molecule has 2 aliphatic rings. The number of carbonyl (C=O) groups excluding carboxylic acids is 2. The number of furan rings is 2. The zero-order chi connectivity index (χ0) is 24.7. The van der Waals surface area contributed by atoms with Crippen molar-refractivity contribution in [3.05, 3.63) is 57.7 Å². The maximum Gasteiger partial charge on any atom is 0.289 e. The summed E-state index contributed by atoms with van der Waals surface area (Å²) < 4.78 is 11.8. The van der Waals surface area contributed by atoms with Crippen LogP contribution in [0.2, 0.25) is 0 Å². The predicted octanol–water partition coefficient (Wildman–Crippen LogP) is 3.74. The van der Waals surface area contributed by atoms with Gasteiger partial charge in [-0.3, -0.25) is 9.59 Å². The standard InChI is InChI=1S/C27H32N4O4/c1-16-8-9-20-19(15-34-25(20)17(16)2)14-23(32)29-28-21-6-5-7-22-24(21)18(3)26(35-22)27(33)31-12-10-30(4)11-13-31/h8-9,15H,5-7,10-14H2,1-4H3,(H,29,32)/b28-21+. The summed E-state index contributed by atoms with van der Waals surface area (Å²) in [7, 11) is 2.06. The van der Waals surface area contributed by atoms with Crippen molar-refractivity contribution in [2.45, 2.75) is 46.5 Å². The monoisotopic (exact) mass is 476 g/mol. The number of hydrogen-bond acceptors (Lipinski definition) is 6. The van der Waals surface area contributed by atoms with Crippen molar-refractivity contribution in [3.8, 4) is 0 Å². The summed E-state index contributed by atoms with van der Waals surface area (Å²) in [6, 6.07) is 4.04. The van der Waals surface area contributed by atoms with Gasteiger partial charge in [-0.25, -0.2) is 5.43 Å². The van der Waals surface area contributed by atoms with Crippen LogP contribution in [0.15, 0.2) is 32.3 Å². The molecule has 0 bridgehead atoms. The van der Waals surface area contributed by atoms with Gasteiger partial charge in [0.2, 0.25) is 5.91 Å². The van der Waals surface area contributed by atoms with Crippen molar-refractivity contribution < 1.29 is 18.4 Å². The van der Waals surface area contributed by atoms with E-state index >= 15 is 0 Å². The van der Waals surface area contributed by atoms with Crippen LogP contribution in [0.25, 0.3) is 11.0 Å². The van der Waals surface area contributed by atoms with Crippen LogP contribution in [0.5, 0.6) is 0 Å². The zero-order valence-corrected chi connectivity index (χ0v) is 20.9. The lowest BCUT2D eigenvalue weighted by Crippen LogP contribution is -2.47. The van der Waals surface area contributed by atoms with E-state index in [1.165, 1.54) is 0 Å². The molecule has 35 heavy (non-hydrogen) atoms. The summed E-state index contributed by atoms with van der Waals surface area (Å²) in [4.78, 5) is 30.0. The van der Waals surface area contributed by atoms with Gasteiger partial charge in [-0.2, -0.15) is 5.10 Å². The molecule has 3 aromatic rings. The fourth-order valence-corrected chi connectivity index (χ4v) is 5.00. The number of hydrazone groups is 1. The lowest BCUT2D eigenvalue weighted by atomic mass is 9.93. The molecule has 0 radical (unpaired) electrons. The number of amides is 2. The van der Waals surface area contributed by atoms with E-state index in [0.717, 1.165) is 82.6 Å². The molecule has 1 aromatic carbocycles. The first kappa shape index (κ1) is 23.4. The maximum atomic E-state index is 13.1. The molecule has 0 unspecified atom stereocenters. The van der Waals surface area contributed by atoms with Crippen LogP contribution in [0, 0.1) is 20.8 Å². The third kappa shape index (κ3) is 4.38. The number of rotatable bonds is 4. The zero-order valence-electron chi connectivity index (χ0n) is 20.9. The average molecular weight is 477 g/mol. The van der Waals surface area contributed by atoms with Crippen LogP contribution >= 0.6 is 0 Å². The minimum atomic E-state index is -0.208. The van der Waals surface area contributed by atoms with E-state index in [-0.39, 0.29) is 18.2 Å². The molecule has 2 aromatic heterocycles. The molecular formula is C27H32N4O4. The number of piperazine rings is 1. The molecule has 184 valence electrons.